The Kier molecular flexibility index (Phi) is 9.43. The van der Waals surface area contributed by atoms with Gasteiger partial charge in [0.1, 0.15) is 12.2 Å². The van der Waals surface area contributed by atoms with Crippen LogP contribution in [-0.2, 0) is 17.5 Å². The van der Waals surface area contributed by atoms with E-state index in [1.165, 1.54) is 24.1 Å². The summed E-state index contributed by atoms with van der Waals surface area (Å²) in [5.41, 5.74) is 2.78. The number of benzene rings is 3. The SMILES string of the molecule is COc1ccc(-n2nnnc2C(F)(F)F)cc1CN1C[C@@H]2CN(C(=O)CC(F)(F)F)CCN2[C@H](C(c2ccccc2)c2ccccc2)C1. The first-order chi connectivity index (χ1) is 22.9. The van der Waals surface area contributed by atoms with Crippen LogP contribution in [-0.4, -0.2) is 98.9 Å². The van der Waals surface area contributed by atoms with Crippen molar-refractivity contribution in [3.63, 3.8) is 0 Å². The monoisotopic (exact) mass is 673 g/mol. The second kappa shape index (κ2) is 13.5. The average Bonchev–Trinajstić information content (AvgIpc) is 3.56. The maximum Gasteiger partial charge on any atom is 0.453 e. The molecule has 0 saturated carbocycles. The number of methoxy groups -OCH3 is 1. The Labute approximate surface area is 272 Å². The van der Waals surface area contributed by atoms with Crippen molar-refractivity contribution in [1.29, 1.82) is 0 Å². The van der Waals surface area contributed by atoms with Crippen LogP contribution in [0.5, 0.6) is 5.75 Å². The van der Waals surface area contributed by atoms with Crippen molar-refractivity contribution >= 4 is 5.91 Å². The standard InChI is InChI=1S/C33H33F6N7O2/c1-48-28-13-12-25(46-31(33(37,38)39)40-41-42-46)16-24(28)18-43-19-26-20-44(29(47)17-32(34,35)36)14-15-45(26)27(21-43)30(22-8-4-2-5-9-22)23-10-6-3-7-11-23/h2-13,16,26-27,30H,14-15,17-21H2,1H3/t26-,27+/m1/s1. The number of carbonyl (C=O) groups excluding carboxylic acids is 1. The summed E-state index contributed by atoms with van der Waals surface area (Å²) < 4.78 is 86.7. The number of carbonyl (C=O) groups is 1. The first kappa shape index (κ1) is 33.4. The van der Waals surface area contributed by atoms with Gasteiger partial charge in [-0.15, -0.1) is 5.10 Å². The van der Waals surface area contributed by atoms with Crippen LogP contribution in [0, 0.1) is 0 Å². The molecular weight excluding hydrogens is 640 g/mol. The highest BCUT2D eigenvalue weighted by Crippen LogP contribution is 2.37. The number of aromatic nitrogens is 4. The summed E-state index contributed by atoms with van der Waals surface area (Å²) in [5.74, 6) is -1.92. The molecule has 0 spiro atoms. The molecule has 1 aromatic heterocycles. The second-order valence-corrected chi connectivity index (χ2v) is 12.0. The Balaban J connectivity index is 1.36. The number of amides is 1. The van der Waals surface area contributed by atoms with E-state index in [-0.39, 0.29) is 43.3 Å². The summed E-state index contributed by atoms with van der Waals surface area (Å²) in [4.78, 5) is 18.4. The fourth-order valence-electron chi connectivity index (χ4n) is 6.90. The van der Waals surface area contributed by atoms with Crippen LogP contribution in [0.2, 0.25) is 0 Å². The van der Waals surface area contributed by atoms with Gasteiger partial charge in [0.2, 0.25) is 5.91 Å². The van der Waals surface area contributed by atoms with Crippen molar-refractivity contribution in [2.45, 2.75) is 43.3 Å². The molecule has 2 saturated heterocycles. The van der Waals surface area contributed by atoms with Crippen LogP contribution < -0.4 is 4.74 Å². The van der Waals surface area contributed by atoms with Crippen LogP contribution in [0.4, 0.5) is 26.3 Å². The predicted molar refractivity (Wildman–Crippen MR) is 162 cm³/mol. The molecular formula is C33H33F6N7O2. The van der Waals surface area contributed by atoms with Crippen LogP contribution in [0.1, 0.15) is 34.9 Å². The first-order valence-electron chi connectivity index (χ1n) is 15.4. The van der Waals surface area contributed by atoms with Gasteiger partial charge in [-0.1, -0.05) is 60.7 Å². The molecule has 6 rings (SSSR count). The molecule has 0 N–H and O–H groups in total. The van der Waals surface area contributed by atoms with Crippen LogP contribution in [0.15, 0.2) is 78.9 Å². The maximum absolute atomic E-state index is 13.6. The fourth-order valence-corrected chi connectivity index (χ4v) is 6.90. The van der Waals surface area contributed by atoms with Gasteiger partial charge in [-0.3, -0.25) is 14.6 Å². The number of nitrogens with zero attached hydrogens (tertiary/aromatic N) is 7. The van der Waals surface area contributed by atoms with E-state index in [0.717, 1.165) is 11.1 Å². The average molecular weight is 674 g/mol. The zero-order valence-corrected chi connectivity index (χ0v) is 25.9. The topological polar surface area (TPSA) is 79.6 Å². The van der Waals surface area contributed by atoms with Gasteiger partial charge in [0.25, 0.3) is 5.82 Å². The highest BCUT2D eigenvalue weighted by Gasteiger charge is 2.44. The van der Waals surface area contributed by atoms with Crippen LogP contribution in [0.25, 0.3) is 5.69 Å². The van der Waals surface area contributed by atoms with E-state index in [2.05, 4.69) is 25.3 Å². The normalized spacial score (nSPS) is 19.4. The highest BCUT2D eigenvalue weighted by molar-refractivity contribution is 5.77. The molecule has 2 fully saturated rings. The van der Waals surface area contributed by atoms with E-state index in [9.17, 15) is 31.1 Å². The minimum absolute atomic E-state index is 0.0892. The number of alkyl halides is 6. The van der Waals surface area contributed by atoms with E-state index >= 15 is 0 Å². The van der Waals surface area contributed by atoms with Gasteiger partial charge in [-0.2, -0.15) is 31.0 Å². The van der Waals surface area contributed by atoms with Crippen LogP contribution in [0.3, 0.4) is 0 Å². The molecule has 9 nitrogen and oxygen atoms in total. The van der Waals surface area contributed by atoms with Crippen molar-refractivity contribution < 1.29 is 35.9 Å². The number of hydrogen-bond donors (Lipinski definition) is 0. The third-order valence-electron chi connectivity index (χ3n) is 8.90. The molecule has 1 amide bonds. The maximum atomic E-state index is 13.6. The lowest BCUT2D eigenvalue weighted by Crippen LogP contribution is -2.67. The van der Waals surface area contributed by atoms with Crippen molar-refractivity contribution in [2.75, 3.05) is 39.8 Å². The molecule has 0 unspecified atom stereocenters. The minimum atomic E-state index is -4.78. The van der Waals surface area contributed by atoms with Gasteiger partial charge in [0.15, 0.2) is 0 Å². The molecule has 3 aromatic carbocycles. The second-order valence-electron chi connectivity index (χ2n) is 12.0. The Hall–Kier alpha value is -4.50. The molecule has 15 heteroatoms. The zero-order chi connectivity index (χ0) is 34.1. The fraction of sp³-hybridized carbons (Fsp3) is 0.394. The van der Waals surface area contributed by atoms with E-state index in [1.807, 2.05) is 60.7 Å². The van der Waals surface area contributed by atoms with Gasteiger partial charge in [0, 0.05) is 62.8 Å². The lowest BCUT2D eigenvalue weighted by atomic mass is 9.81. The molecule has 48 heavy (non-hydrogen) atoms. The number of tetrazole rings is 1. The summed E-state index contributed by atoms with van der Waals surface area (Å²) in [6.45, 7) is 1.83. The van der Waals surface area contributed by atoms with Gasteiger partial charge >= 0.3 is 12.4 Å². The molecule has 2 atom stereocenters. The number of piperazine rings is 2. The summed E-state index contributed by atoms with van der Waals surface area (Å²) in [5, 5.41) is 9.94. The molecule has 3 heterocycles. The predicted octanol–water partition coefficient (Wildman–Crippen LogP) is 5.17. The Morgan fingerprint density at radius 1 is 0.896 bits per heavy atom. The number of fused-ring (bicyclic) bond motifs is 1. The van der Waals surface area contributed by atoms with E-state index in [1.54, 1.807) is 6.07 Å². The third kappa shape index (κ3) is 7.31. The van der Waals surface area contributed by atoms with Crippen molar-refractivity contribution in [3.8, 4) is 11.4 Å². The third-order valence-corrected chi connectivity index (χ3v) is 8.90. The van der Waals surface area contributed by atoms with Crippen molar-refractivity contribution in [1.82, 2.24) is 34.9 Å². The summed E-state index contributed by atoms with van der Waals surface area (Å²) in [6.07, 6.45) is -10.9. The quantitative estimate of drug-likeness (QED) is 0.239. The summed E-state index contributed by atoms with van der Waals surface area (Å²) >= 11 is 0. The van der Waals surface area contributed by atoms with Gasteiger partial charge in [0.05, 0.1) is 12.8 Å². The Morgan fingerprint density at radius 2 is 1.56 bits per heavy atom. The molecule has 254 valence electrons. The number of halogens is 6. The van der Waals surface area contributed by atoms with Crippen molar-refractivity contribution in [2.24, 2.45) is 0 Å². The van der Waals surface area contributed by atoms with E-state index < -0.39 is 30.5 Å². The molecule has 4 aromatic rings. The summed E-state index contributed by atoms with van der Waals surface area (Å²) in [7, 11) is 1.46. The number of rotatable bonds is 8. The van der Waals surface area contributed by atoms with E-state index in [0.29, 0.717) is 35.6 Å². The number of hydrogen-bond acceptors (Lipinski definition) is 7. The molecule has 0 radical (unpaired) electrons. The lowest BCUT2D eigenvalue weighted by Gasteiger charge is -2.53. The van der Waals surface area contributed by atoms with Gasteiger partial charge in [-0.05, 0) is 39.8 Å². The van der Waals surface area contributed by atoms with Crippen molar-refractivity contribution in [3.05, 3.63) is 101 Å². The van der Waals surface area contributed by atoms with Crippen LogP contribution >= 0.6 is 0 Å². The molecule has 2 aliphatic rings. The lowest BCUT2D eigenvalue weighted by molar-refractivity contribution is -0.164. The van der Waals surface area contributed by atoms with E-state index in [4.69, 9.17) is 4.74 Å². The largest absolute Gasteiger partial charge is 0.496 e. The Morgan fingerprint density at radius 3 is 2.17 bits per heavy atom. The minimum Gasteiger partial charge on any atom is -0.496 e. The molecule has 0 aliphatic carbocycles. The molecule has 2 aliphatic heterocycles. The van der Waals surface area contributed by atoms with Gasteiger partial charge in [-0.25, -0.2) is 0 Å². The number of ether oxygens (including phenoxy) is 1. The zero-order valence-electron chi connectivity index (χ0n) is 25.9. The Bertz CT molecular complexity index is 1660. The smallest absolute Gasteiger partial charge is 0.453 e. The summed E-state index contributed by atoms with van der Waals surface area (Å²) in [6, 6.07) is 23.9. The highest BCUT2D eigenvalue weighted by atomic mass is 19.4. The first-order valence-corrected chi connectivity index (χ1v) is 15.4. The van der Waals surface area contributed by atoms with Gasteiger partial charge < -0.3 is 9.64 Å². The molecule has 0 bridgehead atoms.